The van der Waals surface area contributed by atoms with E-state index in [0.29, 0.717) is 10.9 Å². The van der Waals surface area contributed by atoms with E-state index in [1.165, 1.54) is 35.2 Å². The molecule has 2 N–H and O–H groups in total. The van der Waals surface area contributed by atoms with Gasteiger partial charge in [-0.25, -0.2) is 4.39 Å². The van der Waals surface area contributed by atoms with E-state index in [1.807, 2.05) is 6.07 Å². The Bertz CT molecular complexity index is 458. The van der Waals surface area contributed by atoms with Crippen molar-refractivity contribution in [1.29, 1.82) is 0 Å². The third kappa shape index (κ3) is 2.90. The van der Waals surface area contributed by atoms with Crippen LogP contribution in [0, 0.1) is 5.82 Å². The minimum Gasteiger partial charge on any atom is -0.374 e. The fourth-order valence-electron chi connectivity index (χ4n) is 1.03. The number of rotatable bonds is 3. The molecule has 0 atom stereocenters. The van der Waals surface area contributed by atoms with E-state index in [-0.39, 0.29) is 5.82 Å². The van der Waals surface area contributed by atoms with Gasteiger partial charge in [-0.3, -0.25) is 0 Å². The summed E-state index contributed by atoms with van der Waals surface area (Å²) in [5.41, 5.74) is 5.45. The Labute approximate surface area is 94.5 Å². The predicted molar refractivity (Wildman–Crippen MR) is 60.3 cm³/mol. The molecule has 0 aliphatic heterocycles. The first-order chi connectivity index (χ1) is 7.24. The van der Waals surface area contributed by atoms with E-state index in [2.05, 4.69) is 10.2 Å². The van der Waals surface area contributed by atoms with Gasteiger partial charge in [0.2, 0.25) is 5.13 Å². The first kappa shape index (κ1) is 10.4. The van der Waals surface area contributed by atoms with Crippen molar-refractivity contribution < 1.29 is 4.39 Å². The van der Waals surface area contributed by atoms with E-state index in [9.17, 15) is 4.39 Å². The maximum atomic E-state index is 12.8. The van der Waals surface area contributed by atoms with E-state index in [0.717, 1.165) is 9.90 Å². The molecule has 0 fully saturated rings. The lowest BCUT2D eigenvalue weighted by atomic mass is 10.4. The predicted octanol–water partition coefficient (Wildman–Crippen LogP) is 2.55. The highest BCUT2D eigenvalue weighted by atomic mass is 32.2. The van der Waals surface area contributed by atoms with Crippen molar-refractivity contribution in [3.8, 4) is 0 Å². The summed E-state index contributed by atoms with van der Waals surface area (Å²) >= 11 is 2.87. The van der Waals surface area contributed by atoms with Gasteiger partial charge in [-0.1, -0.05) is 17.4 Å². The Morgan fingerprint density at radius 1 is 1.40 bits per heavy atom. The highest BCUT2D eigenvalue weighted by Gasteiger charge is 2.02. The Kier molecular flexibility index (Phi) is 3.17. The molecule has 15 heavy (non-hydrogen) atoms. The zero-order valence-electron chi connectivity index (χ0n) is 7.68. The number of aromatic nitrogens is 2. The van der Waals surface area contributed by atoms with Gasteiger partial charge in [0, 0.05) is 4.90 Å². The van der Waals surface area contributed by atoms with Gasteiger partial charge in [-0.05, 0) is 18.2 Å². The lowest BCUT2D eigenvalue weighted by Gasteiger charge is -1.97. The number of nitrogens with two attached hydrogens (primary N) is 1. The van der Waals surface area contributed by atoms with Gasteiger partial charge in [-0.2, -0.15) is 0 Å². The van der Waals surface area contributed by atoms with Crippen molar-refractivity contribution >= 4 is 28.2 Å². The minimum absolute atomic E-state index is 0.225. The second kappa shape index (κ2) is 4.59. The lowest BCUT2D eigenvalue weighted by molar-refractivity contribution is 0.624. The maximum Gasteiger partial charge on any atom is 0.203 e. The van der Waals surface area contributed by atoms with Crippen molar-refractivity contribution in [2.75, 3.05) is 5.73 Å². The molecular formula is C9H8FN3S2. The van der Waals surface area contributed by atoms with Crippen LogP contribution in [0.15, 0.2) is 29.2 Å². The summed E-state index contributed by atoms with van der Waals surface area (Å²) in [6, 6.07) is 6.46. The summed E-state index contributed by atoms with van der Waals surface area (Å²) in [6.45, 7) is 0. The largest absolute Gasteiger partial charge is 0.374 e. The molecule has 2 aromatic rings. The number of anilines is 1. The van der Waals surface area contributed by atoms with Crippen LogP contribution in [-0.4, -0.2) is 10.2 Å². The van der Waals surface area contributed by atoms with Gasteiger partial charge in [0.05, 0.1) is 5.75 Å². The van der Waals surface area contributed by atoms with Crippen LogP contribution in [0.1, 0.15) is 5.01 Å². The average molecular weight is 241 g/mol. The normalized spacial score (nSPS) is 10.5. The molecule has 0 saturated carbocycles. The topological polar surface area (TPSA) is 51.8 Å². The monoisotopic (exact) mass is 241 g/mol. The summed E-state index contributed by atoms with van der Waals surface area (Å²) in [5.74, 6) is 0.440. The molecule has 6 heteroatoms. The molecule has 0 bridgehead atoms. The van der Waals surface area contributed by atoms with Gasteiger partial charge in [0.1, 0.15) is 10.8 Å². The Hall–Kier alpha value is -1.14. The average Bonchev–Trinajstić information content (AvgIpc) is 2.62. The zero-order valence-corrected chi connectivity index (χ0v) is 9.32. The van der Waals surface area contributed by atoms with Crippen molar-refractivity contribution in [2.45, 2.75) is 10.6 Å². The molecule has 0 radical (unpaired) electrons. The van der Waals surface area contributed by atoms with Crippen LogP contribution < -0.4 is 5.73 Å². The molecule has 1 aromatic heterocycles. The summed E-state index contributed by atoms with van der Waals surface area (Å²) in [5, 5.41) is 8.90. The van der Waals surface area contributed by atoms with Crippen molar-refractivity contribution in [1.82, 2.24) is 10.2 Å². The minimum atomic E-state index is -0.225. The molecule has 3 nitrogen and oxygen atoms in total. The highest BCUT2D eigenvalue weighted by Crippen LogP contribution is 2.25. The molecule has 0 aliphatic rings. The fourth-order valence-corrected chi connectivity index (χ4v) is 2.56. The van der Waals surface area contributed by atoms with Gasteiger partial charge >= 0.3 is 0 Å². The van der Waals surface area contributed by atoms with Crippen LogP contribution in [0.25, 0.3) is 0 Å². The van der Waals surface area contributed by atoms with Crippen LogP contribution in [0.3, 0.4) is 0 Å². The van der Waals surface area contributed by atoms with E-state index in [4.69, 9.17) is 5.73 Å². The number of hydrogen-bond acceptors (Lipinski definition) is 5. The first-order valence-electron chi connectivity index (χ1n) is 4.20. The number of halogens is 1. The number of nitrogen functional groups attached to an aromatic ring is 1. The number of hydrogen-bond donors (Lipinski definition) is 1. The maximum absolute atomic E-state index is 12.8. The lowest BCUT2D eigenvalue weighted by Crippen LogP contribution is -1.81. The first-order valence-corrected chi connectivity index (χ1v) is 6.00. The van der Waals surface area contributed by atoms with Crippen molar-refractivity contribution in [3.05, 3.63) is 35.1 Å². The Morgan fingerprint density at radius 2 is 2.27 bits per heavy atom. The number of benzene rings is 1. The Morgan fingerprint density at radius 3 is 2.93 bits per heavy atom. The van der Waals surface area contributed by atoms with Crippen LogP contribution in [0.4, 0.5) is 9.52 Å². The molecular weight excluding hydrogens is 233 g/mol. The van der Waals surface area contributed by atoms with Crippen LogP contribution in [0.2, 0.25) is 0 Å². The van der Waals surface area contributed by atoms with Gasteiger partial charge in [-0.15, -0.1) is 22.0 Å². The molecule has 1 aromatic carbocycles. The van der Waals surface area contributed by atoms with E-state index in [1.54, 1.807) is 6.07 Å². The van der Waals surface area contributed by atoms with Crippen LogP contribution in [0.5, 0.6) is 0 Å². The number of thioether (sulfide) groups is 1. The van der Waals surface area contributed by atoms with Crippen LogP contribution >= 0.6 is 23.1 Å². The number of nitrogens with zero attached hydrogens (tertiary/aromatic N) is 2. The highest BCUT2D eigenvalue weighted by molar-refractivity contribution is 7.98. The fraction of sp³-hybridized carbons (Fsp3) is 0.111. The molecule has 0 aliphatic carbocycles. The molecule has 0 spiro atoms. The van der Waals surface area contributed by atoms with Gasteiger partial charge in [0.15, 0.2) is 0 Å². The molecule has 2 rings (SSSR count). The summed E-state index contributed by atoms with van der Waals surface area (Å²) in [6.07, 6.45) is 0. The smallest absolute Gasteiger partial charge is 0.203 e. The molecule has 1 heterocycles. The molecule has 78 valence electrons. The van der Waals surface area contributed by atoms with Gasteiger partial charge in [0.25, 0.3) is 0 Å². The summed E-state index contributed by atoms with van der Waals surface area (Å²) in [7, 11) is 0. The zero-order chi connectivity index (χ0) is 10.7. The molecule has 0 saturated heterocycles. The van der Waals surface area contributed by atoms with Crippen LogP contribution in [-0.2, 0) is 5.75 Å². The molecule has 0 unspecified atom stereocenters. The van der Waals surface area contributed by atoms with E-state index < -0.39 is 0 Å². The van der Waals surface area contributed by atoms with Gasteiger partial charge < -0.3 is 5.73 Å². The molecule has 0 amide bonds. The Balaban J connectivity index is 1.99. The summed E-state index contributed by atoms with van der Waals surface area (Å²) in [4.78, 5) is 0.878. The van der Waals surface area contributed by atoms with Crippen molar-refractivity contribution in [2.24, 2.45) is 0 Å². The third-order valence-electron chi connectivity index (χ3n) is 1.64. The third-order valence-corrected chi connectivity index (χ3v) is 3.58. The second-order valence-electron chi connectivity index (χ2n) is 2.78. The van der Waals surface area contributed by atoms with E-state index >= 15 is 0 Å². The quantitative estimate of drug-likeness (QED) is 0.839. The standard InChI is InChI=1S/C9H8FN3S2/c10-6-2-1-3-7(4-6)14-5-8-12-13-9(11)15-8/h1-4H,5H2,(H2,11,13). The summed E-state index contributed by atoms with van der Waals surface area (Å²) < 4.78 is 12.8. The van der Waals surface area contributed by atoms with Crippen molar-refractivity contribution in [3.63, 3.8) is 0 Å². The second-order valence-corrected chi connectivity index (χ2v) is 4.92. The SMILES string of the molecule is Nc1nnc(CSc2cccc(F)c2)s1.